The number of nitrogens with one attached hydrogen (secondary N) is 1. The number of carbonyl (C=O) groups excluding carboxylic acids is 1. The molecule has 0 bridgehead atoms. The van der Waals surface area contributed by atoms with Crippen LogP contribution in [0.25, 0.3) is 0 Å². The van der Waals surface area contributed by atoms with Crippen LogP contribution in [0.5, 0.6) is 0 Å². The highest BCUT2D eigenvalue weighted by molar-refractivity contribution is 7.89. The van der Waals surface area contributed by atoms with Gasteiger partial charge in [-0.05, 0) is 31.0 Å². The number of sulfonamides is 1. The second-order valence-corrected chi connectivity index (χ2v) is 6.86. The van der Waals surface area contributed by atoms with Crippen molar-refractivity contribution in [1.29, 1.82) is 5.26 Å². The number of hydrogen-bond donors (Lipinski definition) is 1. The maximum Gasteiger partial charge on any atom is 0.253 e. The van der Waals surface area contributed by atoms with Gasteiger partial charge in [0.05, 0.1) is 12.5 Å². The first-order chi connectivity index (χ1) is 10.3. The molecular weight excluding hydrogens is 309 g/mol. The van der Waals surface area contributed by atoms with Gasteiger partial charge in [-0.15, -0.1) is 0 Å². The average Bonchev–Trinajstić information content (AvgIpc) is 3.27. The van der Waals surface area contributed by atoms with Crippen molar-refractivity contribution in [2.45, 2.75) is 30.2 Å². The number of nitrogens with zero attached hydrogens (tertiary/aromatic N) is 2. The molecule has 0 atom stereocenters. The second kappa shape index (κ2) is 6.42. The number of carbonyl (C=O) groups is 1. The van der Waals surface area contributed by atoms with Crippen molar-refractivity contribution in [1.82, 2.24) is 9.62 Å². The lowest BCUT2D eigenvalue weighted by molar-refractivity contribution is 0.0797. The molecule has 0 heterocycles. The topological polar surface area (TPSA) is 90.3 Å². The van der Waals surface area contributed by atoms with Crippen molar-refractivity contribution in [2.24, 2.45) is 0 Å². The first-order valence-corrected chi connectivity index (χ1v) is 8.28. The summed E-state index contributed by atoms with van der Waals surface area (Å²) in [5.41, 5.74) is 0.0676. The van der Waals surface area contributed by atoms with E-state index in [-0.39, 0.29) is 24.6 Å². The number of amides is 1. The predicted octanol–water partition coefficient (Wildman–Crippen LogP) is 1.25. The van der Waals surface area contributed by atoms with Crippen LogP contribution >= 0.6 is 0 Å². The number of nitriles is 1. The molecule has 1 saturated carbocycles. The Hall–Kier alpha value is -1.98. The lowest BCUT2D eigenvalue weighted by Crippen LogP contribution is -2.29. The van der Waals surface area contributed by atoms with Crippen LogP contribution in [-0.4, -0.2) is 38.9 Å². The van der Waals surface area contributed by atoms with Crippen molar-refractivity contribution >= 4 is 15.9 Å². The van der Waals surface area contributed by atoms with E-state index in [0.29, 0.717) is 0 Å². The summed E-state index contributed by atoms with van der Waals surface area (Å²) in [5.74, 6) is -1.36. The Balaban J connectivity index is 2.26. The van der Waals surface area contributed by atoms with Crippen LogP contribution in [-0.2, 0) is 10.0 Å². The number of rotatable bonds is 6. The van der Waals surface area contributed by atoms with Gasteiger partial charge in [0.15, 0.2) is 0 Å². The van der Waals surface area contributed by atoms with Gasteiger partial charge in [0.25, 0.3) is 5.91 Å². The fourth-order valence-electron chi connectivity index (χ4n) is 1.87. The molecule has 0 spiro atoms. The molecule has 0 radical (unpaired) electrons. The summed E-state index contributed by atoms with van der Waals surface area (Å²) in [6.07, 6.45) is 1.63. The zero-order valence-corrected chi connectivity index (χ0v) is 12.9. The molecule has 1 aromatic carbocycles. The van der Waals surface area contributed by atoms with Crippen molar-refractivity contribution in [3.05, 3.63) is 29.6 Å². The van der Waals surface area contributed by atoms with Crippen LogP contribution < -0.4 is 4.72 Å². The van der Waals surface area contributed by atoms with E-state index in [1.54, 1.807) is 0 Å². The van der Waals surface area contributed by atoms with Gasteiger partial charge in [0, 0.05) is 25.2 Å². The monoisotopic (exact) mass is 325 g/mol. The van der Waals surface area contributed by atoms with Crippen LogP contribution in [0, 0.1) is 17.1 Å². The third kappa shape index (κ3) is 3.81. The van der Waals surface area contributed by atoms with Crippen molar-refractivity contribution in [3.63, 3.8) is 0 Å². The Morgan fingerprint density at radius 1 is 1.50 bits per heavy atom. The zero-order chi connectivity index (χ0) is 16.3. The Morgan fingerprint density at radius 2 is 2.18 bits per heavy atom. The van der Waals surface area contributed by atoms with Crippen molar-refractivity contribution < 1.29 is 17.6 Å². The first-order valence-electron chi connectivity index (χ1n) is 6.79. The quantitative estimate of drug-likeness (QED) is 0.852. The Morgan fingerprint density at radius 3 is 2.77 bits per heavy atom. The van der Waals surface area contributed by atoms with Gasteiger partial charge in [-0.25, -0.2) is 17.5 Å². The minimum absolute atomic E-state index is 0.0676. The number of benzene rings is 1. The van der Waals surface area contributed by atoms with Gasteiger partial charge >= 0.3 is 0 Å². The first kappa shape index (κ1) is 16.4. The lowest BCUT2D eigenvalue weighted by Gasteiger charge is -2.16. The van der Waals surface area contributed by atoms with Crippen LogP contribution in [0.3, 0.4) is 0 Å². The lowest BCUT2D eigenvalue weighted by atomic mass is 10.2. The summed E-state index contributed by atoms with van der Waals surface area (Å²) in [7, 11) is -2.47. The minimum atomic E-state index is -3.97. The normalized spacial score (nSPS) is 14.4. The van der Waals surface area contributed by atoms with Crippen LogP contribution in [0.2, 0.25) is 0 Å². The van der Waals surface area contributed by atoms with Gasteiger partial charge in [0.1, 0.15) is 10.7 Å². The number of hydrogen-bond acceptors (Lipinski definition) is 4. The van der Waals surface area contributed by atoms with Crippen molar-refractivity contribution in [3.8, 4) is 6.07 Å². The van der Waals surface area contributed by atoms with Gasteiger partial charge in [0.2, 0.25) is 10.0 Å². The van der Waals surface area contributed by atoms with Crippen LogP contribution in [0.15, 0.2) is 23.1 Å². The van der Waals surface area contributed by atoms with E-state index in [4.69, 9.17) is 5.26 Å². The molecule has 8 heteroatoms. The Labute approximate surface area is 128 Å². The number of halogens is 1. The van der Waals surface area contributed by atoms with E-state index in [1.165, 1.54) is 18.0 Å². The van der Waals surface area contributed by atoms with E-state index in [0.717, 1.165) is 25.0 Å². The molecular formula is C14H16FN3O3S. The maximum atomic E-state index is 13.8. The van der Waals surface area contributed by atoms with Gasteiger partial charge in [-0.3, -0.25) is 4.79 Å². The average molecular weight is 325 g/mol. The molecule has 22 heavy (non-hydrogen) atoms. The summed E-state index contributed by atoms with van der Waals surface area (Å²) in [4.78, 5) is 12.9. The van der Waals surface area contributed by atoms with Gasteiger partial charge in [-0.1, -0.05) is 0 Å². The van der Waals surface area contributed by atoms with E-state index < -0.39 is 26.6 Å². The zero-order valence-electron chi connectivity index (χ0n) is 12.0. The maximum absolute atomic E-state index is 13.8. The molecule has 1 fully saturated rings. The molecule has 1 aliphatic carbocycles. The third-order valence-electron chi connectivity index (χ3n) is 3.27. The second-order valence-electron chi connectivity index (χ2n) is 5.18. The molecule has 0 unspecified atom stereocenters. The molecule has 0 aliphatic heterocycles. The van der Waals surface area contributed by atoms with Crippen LogP contribution in [0.1, 0.15) is 29.6 Å². The largest absolute Gasteiger partial charge is 0.341 e. The SMILES string of the molecule is CN(CCC#N)C(=O)c1ccc(F)c(S(=O)(=O)NC2CC2)c1. The molecule has 1 N–H and O–H groups in total. The van der Waals surface area contributed by atoms with E-state index >= 15 is 0 Å². The summed E-state index contributed by atoms with van der Waals surface area (Å²) in [6, 6.07) is 5.00. The van der Waals surface area contributed by atoms with Gasteiger partial charge in [-0.2, -0.15) is 5.26 Å². The smallest absolute Gasteiger partial charge is 0.253 e. The fourth-order valence-corrected chi connectivity index (χ4v) is 3.27. The van der Waals surface area contributed by atoms with E-state index in [9.17, 15) is 17.6 Å². The Kier molecular flexibility index (Phi) is 4.78. The highest BCUT2D eigenvalue weighted by Gasteiger charge is 2.30. The minimum Gasteiger partial charge on any atom is -0.341 e. The van der Waals surface area contributed by atoms with Crippen molar-refractivity contribution in [2.75, 3.05) is 13.6 Å². The molecule has 0 saturated heterocycles. The summed E-state index contributed by atoms with van der Waals surface area (Å²) < 4.78 is 40.4. The molecule has 0 aromatic heterocycles. The third-order valence-corrected chi connectivity index (χ3v) is 4.81. The summed E-state index contributed by atoms with van der Waals surface area (Å²) in [6.45, 7) is 0.217. The summed E-state index contributed by atoms with van der Waals surface area (Å²) >= 11 is 0. The molecule has 118 valence electrons. The van der Waals surface area contributed by atoms with E-state index in [2.05, 4.69) is 4.72 Å². The molecule has 2 rings (SSSR count). The molecule has 1 aliphatic rings. The van der Waals surface area contributed by atoms with E-state index in [1.807, 2.05) is 6.07 Å². The summed E-state index contributed by atoms with van der Waals surface area (Å²) in [5, 5.41) is 8.52. The van der Waals surface area contributed by atoms with Gasteiger partial charge < -0.3 is 4.90 Å². The Bertz CT molecular complexity index is 723. The van der Waals surface area contributed by atoms with Crippen LogP contribution in [0.4, 0.5) is 4.39 Å². The molecule has 1 amide bonds. The molecule has 6 nitrogen and oxygen atoms in total. The fraction of sp³-hybridized carbons (Fsp3) is 0.429. The highest BCUT2D eigenvalue weighted by atomic mass is 32.2. The standard InChI is InChI=1S/C14H16FN3O3S/c1-18(8-2-7-16)14(19)10-3-6-12(15)13(9-10)22(20,21)17-11-4-5-11/h3,6,9,11,17H,2,4-5,8H2,1H3. The highest BCUT2D eigenvalue weighted by Crippen LogP contribution is 2.24. The predicted molar refractivity (Wildman–Crippen MR) is 76.9 cm³/mol. The molecule has 1 aromatic rings.